The summed E-state index contributed by atoms with van der Waals surface area (Å²) < 4.78 is 5.22. The third-order valence-electron chi connectivity index (χ3n) is 3.71. The van der Waals surface area contributed by atoms with Crippen LogP contribution in [0.4, 0.5) is 4.79 Å². The summed E-state index contributed by atoms with van der Waals surface area (Å²) in [6.07, 6.45) is 0. The Kier molecular flexibility index (Phi) is 3.46. The van der Waals surface area contributed by atoms with E-state index in [-0.39, 0.29) is 18.0 Å². The summed E-state index contributed by atoms with van der Waals surface area (Å²) in [5.41, 5.74) is 0.673. The fourth-order valence-corrected chi connectivity index (χ4v) is 2.51. The molecule has 1 heterocycles. The molecule has 0 aromatic heterocycles. The number of ether oxygens (including phenoxy) is 1. The molecule has 0 bridgehead atoms. The summed E-state index contributed by atoms with van der Waals surface area (Å²) in [5.74, 6) is 0.539. The number of methoxy groups -OCH3 is 1. The molecule has 20 heavy (non-hydrogen) atoms. The average Bonchev–Trinajstić information content (AvgIpc) is 2.60. The average molecular weight is 276 g/mol. The van der Waals surface area contributed by atoms with Crippen molar-refractivity contribution in [2.75, 3.05) is 7.11 Å². The Morgan fingerprint density at radius 1 is 1.30 bits per heavy atom. The van der Waals surface area contributed by atoms with Crippen LogP contribution in [-0.4, -0.2) is 30.0 Å². The van der Waals surface area contributed by atoms with Gasteiger partial charge in [0.2, 0.25) is 0 Å². The molecule has 1 aliphatic heterocycles. The lowest BCUT2D eigenvalue weighted by Crippen LogP contribution is -2.42. The Bertz CT molecular complexity index is 568. The molecule has 1 fully saturated rings. The smallest absolute Gasteiger partial charge is 0.325 e. The minimum atomic E-state index is -1.02. The molecule has 1 aromatic carbocycles. The molecular weight excluding hydrogens is 256 g/mol. The molecule has 0 radical (unpaired) electrons. The van der Waals surface area contributed by atoms with Crippen molar-refractivity contribution in [1.82, 2.24) is 10.2 Å². The molecule has 2 rings (SSSR count). The minimum absolute atomic E-state index is 0.163. The van der Waals surface area contributed by atoms with Gasteiger partial charge in [-0.2, -0.15) is 0 Å². The van der Waals surface area contributed by atoms with E-state index in [9.17, 15) is 9.59 Å². The molecule has 5 nitrogen and oxygen atoms in total. The standard InChI is InChI=1S/C15H20N2O3/c1-9(2)17-13(18)15(4,16-14(17)19)11-6-7-12(20-5)10(3)8-11/h6-9H,1-5H3,(H,16,19). The minimum Gasteiger partial charge on any atom is -0.496 e. The molecule has 1 atom stereocenters. The summed E-state index contributed by atoms with van der Waals surface area (Å²) in [6.45, 7) is 7.29. The van der Waals surface area contributed by atoms with Crippen LogP contribution >= 0.6 is 0 Å². The van der Waals surface area contributed by atoms with Gasteiger partial charge in [-0.25, -0.2) is 4.79 Å². The van der Waals surface area contributed by atoms with E-state index in [1.807, 2.05) is 39.0 Å². The van der Waals surface area contributed by atoms with Crippen molar-refractivity contribution in [3.63, 3.8) is 0 Å². The van der Waals surface area contributed by atoms with E-state index < -0.39 is 5.54 Å². The molecule has 5 heteroatoms. The molecule has 1 N–H and O–H groups in total. The Morgan fingerprint density at radius 2 is 1.95 bits per heavy atom. The first-order valence-corrected chi connectivity index (χ1v) is 6.62. The number of urea groups is 1. The Labute approximate surface area is 118 Å². The number of amides is 3. The van der Waals surface area contributed by atoms with Crippen molar-refractivity contribution in [2.24, 2.45) is 0 Å². The third kappa shape index (κ3) is 2.03. The molecule has 0 spiro atoms. The maximum absolute atomic E-state index is 12.6. The Morgan fingerprint density at radius 3 is 2.40 bits per heavy atom. The first-order valence-electron chi connectivity index (χ1n) is 6.62. The lowest BCUT2D eigenvalue weighted by molar-refractivity contribution is -0.132. The van der Waals surface area contributed by atoms with E-state index in [1.165, 1.54) is 4.90 Å². The fraction of sp³-hybridized carbons (Fsp3) is 0.467. The van der Waals surface area contributed by atoms with E-state index in [4.69, 9.17) is 4.74 Å². The van der Waals surface area contributed by atoms with Crippen LogP contribution in [0.2, 0.25) is 0 Å². The van der Waals surface area contributed by atoms with Crippen LogP contribution in [0.15, 0.2) is 18.2 Å². The van der Waals surface area contributed by atoms with E-state index in [0.29, 0.717) is 0 Å². The lowest BCUT2D eigenvalue weighted by atomic mass is 9.90. The summed E-state index contributed by atoms with van der Waals surface area (Å²) >= 11 is 0. The van der Waals surface area contributed by atoms with Crippen molar-refractivity contribution >= 4 is 11.9 Å². The summed E-state index contributed by atoms with van der Waals surface area (Å²) in [6, 6.07) is 4.99. The Balaban J connectivity index is 2.44. The van der Waals surface area contributed by atoms with Crippen LogP contribution in [0.3, 0.4) is 0 Å². The fourth-order valence-electron chi connectivity index (χ4n) is 2.51. The molecule has 1 aliphatic rings. The van der Waals surface area contributed by atoms with Crippen LogP contribution in [0.1, 0.15) is 31.9 Å². The van der Waals surface area contributed by atoms with Gasteiger partial charge in [0, 0.05) is 6.04 Å². The van der Waals surface area contributed by atoms with Crippen molar-refractivity contribution in [2.45, 2.75) is 39.3 Å². The summed E-state index contributed by atoms with van der Waals surface area (Å²) in [5, 5.41) is 2.79. The number of nitrogens with one attached hydrogen (secondary N) is 1. The second-order valence-corrected chi connectivity index (χ2v) is 5.51. The van der Waals surface area contributed by atoms with Crippen LogP contribution in [0.5, 0.6) is 5.75 Å². The maximum atomic E-state index is 12.6. The van der Waals surface area contributed by atoms with Crippen LogP contribution in [0, 0.1) is 6.92 Å². The molecule has 1 unspecified atom stereocenters. The second kappa shape index (κ2) is 4.81. The Hall–Kier alpha value is -2.04. The number of hydrogen-bond acceptors (Lipinski definition) is 3. The predicted molar refractivity (Wildman–Crippen MR) is 75.6 cm³/mol. The van der Waals surface area contributed by atoms with Gasteiger partial charge in [0.1, 0.15) is 11.3 Å². The lowest BCUT2D eigenvalue weighted by Gasteiger charge is -2.24. The van der Waals surface area contributed by atoms with Crippen LogP contribution in [0.25, 0.3) is 0 Å². The SMILES string of the molecule is COc1ccc(C2(C)NC(=O)N(C(C)C)C2=O)cc1C. The van der Waals surface area contributed by atoms with Crippen LogP contribution < -0.4 is 10.1 Å². The van der Waals surface area contributed by atoms with Gasteiger partial charge >= 0.3 is 6.03 Å². The maximum Gasteiger partial charge on any atom is 0.325 e. The molecular formula is C15H20N2O3. The zero-order valence-electron chi connectivity index (χ0n) is 12.5. The number of imide groups is 1. The van der Waals surface area contributed by atoms with E-state index in [1.54, 1.807) is 14.0 Å². The van der Waals surface area contributed by atoms with Gasteiger partial charge in [0.05, 0.1) is 7.11 Å². The summed E-state index contributed by atoms with van der Waals surface area (Å²) in [4.78, 5) is 25.8. The third-order valence-corrected chi connectivity index (χ3v) is 3.71. The highest BCUT2D eigenvalue weighted by Crippen LogP contribution is 2.32. The predicted octanol–water partition coefficient (Wildman–Crippen LogP) is 2.18. The van der Waals surface area contributed by atoms with Crippen molar-refractivity contribution in [3.05, 3.63) is 29.3 Å². The first kappa shape index (κ1) is 14.4. The number of carbonyl (C=O) groups excluding carboxylic acids is 2. The summed E-state index contributed by atoms with van der Waals surface area (Å²) in [7, 11) is 1.60. The quantitative estimate of drug-likeness (QED) is 0.861. The molecule has 1 saturated heterocycles. The van der Waals surface area contributed by atoms with Crippen LogP contribution in [-0.2, 0) is 10.3 Å². The largest absolute Gasteiger partial charge is 0.496 e. The van der Waals surface area contributed by atoms with Gasteiger partial charge in [-0.3, -0.25) is 9.69 Å². The number of rotatable bonds is 3. The molecule has 1 aromatic rings. The normalized spacial score (nSPS) is 22.4. The zero-order chi connectivity index (χ0) is 15.1. The first-order chi connectivity index (χ1) is 9.31. The molecule has 0 saturated carbocycles. The molecule has 108 valence electrons. The van der Waals surface area contributed by atoms with E-state index in [2.05, 4.69) is 5.32 Å². The van der Waals surface area contributed by atoms with Gasteiger partial charge in [0.25, 0.3) is 5.91 Å². The topological polar surface area (TPSA) is 58.6 Å². The second-order valence-electron chi connectivity index (χ2n) is 5.51. The number of aryl methyl sites for hydroxylation is 1. The van der Waals surface area contributed by atoms with Gasteiger partial charge in [-0.1, -0.05) is 6.07 Å². The van der Waals surface area contributed by atoms with Gasteiger partial charge in [-0.15, -0.1) is 0 Å². The highest BCUT2D eigenvalue weighted by Gasteiger charge is 2.49. The molecule has 3 amide bonds. The van der Waals surface area contributed by atoms with Gasteiger partial charge in [0.15, 0.2) is 0 Å². The van der Waals surface area contributed by atoms with Gasteiger partial charge in [-0.05, 0) is 51.0 Å². The zero-order valence-corrected chi connectivity index (χ0v) is 12.5. The highest BCUT2D eigenvalue weighted by atomic mass is 16.5. The van der Waals surface area contributed by atoms with E-state index >= 15 is 0 Å². The number of benzene rings is 1. The van der Waals surface area contributed by atoms with Crippen molar-refractivity contribution in [1.29, 1.82) is 0 Å². The van der Waals surface area contributed by atoms with E-state index in [0.717, 1.165) is 16.9 Å². The number of nitrogens with zero attached hydrogens (tertiary/aromatic N) is 1. The molecule has 0 aliphatic carbocycles. The van der Waals surface area contributed by atoms with Crippen molar-refractivity contribution in [3.8, 4) is 5.75 Å². The van der Waals surface area contributed by atoms with Gasteiger partial charge < -0.3 is 10.1 Å². The number of hydrogen-bond donors (Lipinski definition) is 1. The highest BCUT2D eigenvalue weighted by molar-refractivity contribution is 6.07. The van der Waals surface area contributed by atoms with Crippen molar-refractivity contribution < 1.29 is 14.3 Å². The monoisotopic (exact) mass is 276 g/mol. The number of carbonyl (C=O) groups is 2.